The second-order valence-corrected chi connectivity index (χ2v) is 7.59. The van der Waals surface area contributed by atoms with E-state index in [0.717, 1.165) is 32.4 Å². The maximum Gasteiger partial charge on any atom is 0.124 e. The van der Waals surface area contributed by atoms with Crippen LogP contribution in [0.3, 0.4) is 0 Å². The predicted molar refractivity (Wildman–Crippen MR) is 109 cm³/mol. The molecule has 0 spiro atoms. The van der Waals surface area contributed by atoms with Crippen molar-refractivity contribution in [1.29, 1.82) is 0 Å². The van der Waals surface area contributed by atoms with Crippen molar-refractivity contribution in [2.24, 2.45) is 0 Å². The summed E-state index contributed by atoms with van der Waals surface area (Å²) in [5.74, 6) is 0. The molecule has 5 rings (SSSR count). The van der Waals surface area contributed by atoms with E-state index < -0.39 is 0 Å². The first-order chi connectivity index (χ1) is 12.2. The number of aromatic nitrogens is 2. The smallest absolute Gasteiger partial charge is 0.124 e. The van der Waals surface area contributed by atoms with Crippen LogP contribution in [0, 0.1) is 0 Å². The highest BCUT2D eigenvalue weighted by Gasteiger charge is 2.12. The van der Waals surface area contributed by atoms with Crippen molar-refractivity contribution in [3.05, 3.63) is 65.7 Å². The summed E-state index contributed by atoms with van der Waals surface area (Å²) in [7, 11) is 0. The van der Waals surface area contributed by atoms with Crippen LogP contribution >= 0.6 is 22.9 Å². The first-order valence-electron chi connectivity index (χ1n) is 8.32. The largest absolute Gasteiger partial charge is 0.341 e. The number of hydrogen-bond acceptors (Lipinski definition) is 2. The Bertz CT molecular complexity index is 1250. The van der Waals surface area contributed by atoms with Gasteiger partial charge in [-0.1, -0.05) is 29.8 Å². The van der Waals surface area contributed by atoms with Crippen LogP contribution in [0.15, 0.2) is 60.7 Å². The monoisotopic (exact) mass is 362 g/mol. The van der Waals surface area contributed by atoms with E-state index in [1.807, 2.05) is 18.2 Å². The van der Waals surface area contributed by atoms with Crippen molar-refractivity contribution >= 4 is 55.0 Å². The minimum absolute atomic E-state index is 0.754. The molecule has 0 saturated carbocycles. The molecule has 122 valence electrons. The van der Waals surface area contributed by atoms with E-state index in [0.29, 0.717) is 0 Å². The molecule has 0 fully saturated rings. The van der Waals surface area contributed by atoms with Crippen LogP contribution in [0.2, 0.25) is 5.02 Å². The number of fused-ring (bicyclic) bond motifs is 4. The number of nitrogens with zero attached hydrogens (tertiary/aromatic N) is 2. The Labute approximate surface area is 154 Å². The van der Waals surface area contributed by atoms with E-state index in [4.69, 9.17) is 16.6 Å². The van der Waals surface area contributed by atoms with E-state index in [1.54, 1.807) is 11.3 Å². The van der Waals surface area contributed by atoms with Gasteiger partial charge in [0.1, 0.15) is 5.01 Å². The molecule has 4 heteroatoms. The number of benzene rings is 3. The summed E-state index contributed by atoms with van der Waals surface area (Å²) < 4.78 is 3.49. The Morgan fingerprint density at radius 1 is 0.960 bits per heavy atom. The quantitative estimate of drug-likeness (QED) is 0.340. The van der Waals surface area contributed by atoms with Crippen molar-refractivity contribution in [2.75, 3.05) is 0 Å². The van der Waals surface area contributed by atoms with Crippen LogP contribution in [-0.2, 0) is 6.54 Å². The lowest BCUT2D eigenvalue weighted by Gasteiger charge is -2.03. The Balaban J connectivity index is 1.77. The number of rotatable bonds is 2. The molecule has 5 aromatic rings. The van der Waals surface area contributed by atoms with E-state index in [9.17, 15) is 0 Å². The first-order valence-corrected chi connectivity index (χ1v) is 9.51. The second kappa shape index (κ2) is 5.58. The third-order valence-corrected chi connectivity index (χ3v) is 5.99. The van der Waals surface area contributed by atoms with Gasteiger partial charge in [-0.25, -0.2) is 4.98 Å². The molecule has 0 aliphatic carbocycles. The molecule has 0 saturated heterocycles. The molecular formula is C21H15ClN2S. The van der Waals surface area contributed by atoms with Crippen molar-refractivity contribution in [2.45, 2.75) is 13.5 Å². The van der Waals surface area contributed by atoms with E-state index in [-0.39, 0.29) is 0 Å². The van der Waals surface area contributed by atoms with Gasteiger partial charge in [-0.15, -0.1) is 11.3 Å². The van der Waals surface area contributed by atoms with Gasteiger partial charge >= 0.3 is 0 Å². The summed E-state index contributed by atoms with van der Waals surface area (Å²) in [6, 6.07) is 21.1. The summed E-state index contributed by atoms with van der Waals surface area (Å²) in [5, 5.41) is 4.37. The van der Waals surface area contributed by atoms with Crippen LogP contribution in [0.25, 0.3) is 42.6 Å². The number of para-hydroxylation sites is 1. The zero-order valence-electron chi connectivity index (χ0n) is 13.7. The third kappa shape index (κ3) is 2.27. The van der Waals surface area contributed by atoms with Crippen LogP contribution < -0.4 is 0 Å². The summed E-state index contributed by atoms with van der Waals surface area (Å²) in [6.07, 6.45) is 0. The molecule has 0 N–H and O–H groups in total. The molecule has 0 unspecified atom stereocenters. The zero-order chi connectivity index (χ0) is 17.0. The van der Waals surface area contributed by atoms with Gasteiger partial charge in [-0.05, 0) is 49.4 Å². The molecule has 25 heavy (non-hydrogen) atoms. The van der Waals surface area contributed by atoms with E-state index >= 15 is 0 Å². The van der Waals surface area contributed by atoms with Crippen molar-refractivity contribution in [3.8, 4) is 10.6 Å². The fraction of sp³-hybridized carbons (Fsp3) is 0.0952. The number of hydrogen-bond donors (Lipinski definition) is 0. The molecule has 0 aliphatic rings. The Morgan fingerprint density at radius 3 is 2.68 bits per heavy atom. The third-order valence-electron chi connectivity index (χ3n) is 4.69. The summed E-state index contributed by atoms with van der Waals surface area (Å²) in [4.78, 5) is 4.79. The maximum atomic E-state index is 6.11. The van der Waals surface area contributed by atoms with Crippen LogP contribution in [0.1, 0.15) is 6.92 Å². The number of aryl methyl sites for hydroxylation is 1. The van der Waals surface area contributed by atoms with Gasteiger partial charge in [0.2, 0.25) is 0 Å². The van der Waals surface area contributed by atoms with Gasteiger partial charge in [-0.3, -0.25) is 0 Å². The Hall–Kier alpha value is -2.36. The van der Waals surface area contributed by atoms with Crippen molar-refractivity contribution < 1.29 is 0 Å². The fourth-order valence-corrected chi connectivity index (χ4v) is 4.79. The van der Waals surface area contributed by atoms with Gasteiger partial charge in [0.25, 0.3) is 0 Å². The molecule has 0 radical (unpaired) electrons. The van der Waals surface area contributed by atoms with E-state index in [1.165, 1.54) is 21.8 Å². The first kappa shape index (κ1) is 14.9. The standard InChI is InChI=1S/C21H15ClN2S/c1-2-24-18-6-4-3-5-15(18)16-11-13(7-10-19(16)24)21-23-17-9-8-14(22)12-20(17)25-21/h3-12H,2H2,1H3. The molecular weight excluding hydrogens is 348 g/mol. The van der Waals surface area contributed by atoms with Gasteiger partial charge in [0.15, 0.2) is 0 Å². The lowest BCUT2D eigenvalue weighted by molar-refractivity contribution is 0.827. The van der Waals surface area contributed by atoms with Crippen LogP contribution in [-0.4, -0.2) is 9.55 Å². The minimum atomic E-state index is 0.754. The molecule has 2 aromatic heterocycles. The average Bonchev–Trinajstić information content (AvgIpc) is 3.19. The lowest BCUT2D eigenvalue weighted by Crippen LogP contribution is -1.92. The predicted octanol–water partition coefficient (Wildman–Crippen LogP) is 6.74. The zero-order valence-corrected chi connectivity index (χ0v) is 15.2. The van der Waals surface area contributed by atoms with Gasteiger partial charge < -0.3 is 4.57 Å². The molecule has 0 atom stereocenters. The summed E-state index contributed by atoms with van der Waals surface area (Å²) in [5.41, 5.74) is 4.72. The molecule has 0 bridgehead atoms. The summed E-state index contributed by atoms with van der Waals surface area (Å²) in [6.45, 7) is 3.15. The van der Waals surface area contributed by atoms with Gasteiger partial charge in [-0.2, -0.15) is 0 Å². The molecule has 2 nitrogen and oxygen atoms in total. The maximum absolute atomic E-state index is 6.11. The van der Waals surface area contributed by atoms with Crippen LogP contribution in [0.5, 0.6) is 0 Å². The van der Waals surface area contributed by atoms with E-state index in [2.05, 4.69) is 54.0 Å². The second-order valence-electron chi connectivity index (χ2n) is 6.12. The highest BCUT2D eigenvalue weighted by atomic mass is 35.5. The summed E-state index contributed by atoms with van der Waals surface area (Å²) >= 11 is 7.80. The Kier molecular flexibility index (Phi) is 3.34. The highest BCUT2D eigenvalue weighted by Crippen LogP contribution is 2.36. The number of halogens is 1. The fourth-order valence-electron chi connectivity index (χ4n) is 3.55. The minimum Gasteiger partial charge on any atom is -0.341 e. The highest BCUT2D eigenvalue weighted by molar-refractivity contribution is 7.21. The van der Waals surface area contributed by atoms with Crippen molar-refractivity contribution in [1.82, 2.24) is 9.55 Å². The van der Waals surface area contributed by atoms with Gasteiger partial charge in [0, 0.05) is 38.9 Å². The molecule has 3 aromatic carbocycles. The number of thiazole rings is 1. The topological polar surface area (TPSA) is 17.8 Å². The van der Waals surface area contributed by atoms with Gasteiger partial charge in [0.05, 0.1) is 10.2 Å². The Morgan fingerprint density at radius 2 is 1.80 bits per heavy atom. The normalized spacial score (nSPS) is 11.8. The SMILES string of the molecule is CCn1c2ccccc2c2cc(-c3nc4ccc(Cl)cc4s3)ccc21. The van der Waals surface area contributed by atoms with Crippen LogP contribution in [0.4, 0.5) is 0 Å². The lowest BCUT2D eigenvalue weighted by atomic mass is 10.1. The molecule has 0 amide bonds. The average molecular weight is 363 g/mol. The molecule has 2 heterocycles. The molecule has 0 aliphatic heterocycles. The van der Waals surface area contributed by atoms with Crippen molar-refractivity contribution in [3.63, 3.8) is 0 Å².